The second-order valence-electron chi connectivity index (χ2n) is 3.91. The van der Waals surface area contributed by atoms with Crippen molar-refractivity contribution in [2.24, 2.45) is 0 Å². The molecule has 0 aliphatic heterocycles. The summed E-state index contributed by atoms with van der Waals surface area (Å²) in [5.74, 6) is 0.602. The molecule has 0 amide bonds. The minimum atomic E-state index is 0.602. The largest absolute Gasteiger partial charge is 0.0845 e. The lowest BCUT2D eigenvalue weighted by Gasteiger charge is -2.11. The molecule has 0 saturated heterocycles. The zero-order chi connectivity index (χ0) is 9.80. The fraction of sp³-hybridized carbons (Fsp3) is 0.286. The van der Waals surface area contributed by atoms with Crippen molar-refractivity contribution in [2.75, 3.05) is 0 Å². The van der Waals surface area contributed by atoms with Crippen LogP contribution in [0.3, 0.4) is 0 Å². The van der Waals surface area contributed by atoms with E-state index in [4.69, 9.17) is 0 Å². The summed E-state index contributed by atoms with van der Waals surface area (Å²) in [6.45, 7) is 2.13. The van der Waals surface area contributed by atoms with E-state index in [9.17, 15) is 0 Å². The molecule has 2 rings (SSSR count). The van der Waals surface area contributed by atoms with Gasteiger partial charge in [0, 0.05) is 5.92 Å². The first-order valence-corrected chi connectivity index (χ1v) is 5.26. The monoisotopic (exact) mass is 184 g/mol. The van der Waals surface area contributed by atoms with Gasteiger partial charge >= 0.3 is 0 Å². The highest BCUT2D eigenvalue weighted by atomic mass is 14.1. The van der Waals surface area contributed by atoms with Crippen molar-refractivity contribution in [1.82, 2.24) is 0 Å². The van der Waals surface area contributed by atoms with Gasteiger partial charge in [0.2, 0.25) is 0 Å². The maximum absolute atomic E-state index is 2.30. The molecular weight excluding hydrogens is 168 g/mol. The Bertz CT molecular complexity index is 341. The van der Waals surface area contributed by atoms with Crippen LogP contribution in [0.1, 0.15) is 29.9 Å². The van der Waals surface area contributed by atoms with Crippen LogP contribution < -0.4 is 0 Å². The van der Waals surface area contributed by atoms with Crippen molar-refractivity contribution in [1.29, 1.82) is 0 Å². The maximum atomic E-state index is 2.30. The molecule has 0 heterocycles. The molecule has 0 aromatic heterocycles. The van der Waals surface area contributed by atoms with Crippen LogP contribution in [0.15, 0.2) is 48.6 Å². The van der Waals surface area contributed by atoms with Gasteiger partial charge in [0.1, 0.15) is 0 Å². The summed E-state index contributed by atoms with van der Waals surface area (Å²) < 4.78 is 0. The number of aryl methyl sites for hydroxylation is 1. The van der Waals surface area contributed by atoms with Crippen LogP contribution in [-0.2, 0) is 0 Å². The standard InChI is InChI=1S/C14H16/c1-12-8-10-14(11-9-12)13-6-4-2-3-5-7-13/h2-4,6,8-11,13H,5,7H2,1H3. The van der Waals surface area contributed by atoms with Gasteiger partial charge in [-0.15, -0.1) is 0 Å². The summed E-state index contributed by atoms with van der Waals surface area (Å²) >= 11 is 0. The predicted molar refractivity (Wildman–Crippen MR) is 61.4 cm³/mol. The predicted octanol–water partition coefficient (Wildman–Crippen LogP) is 3.98. The first kappa shape index (κ1) is 9.26. The molecule has 1 aliphatic carbocycles. The highest BCUT2D eigenvalue weighted by Crippen LogP contribution is 2.24. The summed E-state index contributed by atoms with van der Waals surface area (Å²) in [5, 5.41) is 0. The average Bonchev–Trinajstić information content (AvgIpc) is 2.47. The van der Waals surface area contributed by atoms with Crippen LogP contribution in [0, 0.1) is 6.92 Å². The molecule has 0 saturated carbocycles. The van der Waals surface area contributed by atoms with E-state index >= 15 is 0 Å². The fourth-order valence-corrected chi connectivity index (χ4v) is 1.84. The smallest absolute Gasteiger partial charge is 0.00240 e. The second-order valence-corrected chi connectivity index (χ2v) is 3.91. The van der Waals surface area contributed by atoms with Crippen molar-refractivity contribution in [3.63, 3.8) is 0 Å². The van der Waals surface area contributed by atoms with E-state index in [0.29, 0.717) is 5.92 Å². The van der Waals surface area contributed by atoms with E-state index in [1.165, 1.54) is 24.0 Å². The Morgan fingerprint density at radius 1 is 1.07 bits per heavy atom. The molecule has 0 nitrogen and oxygen atoms in total. The molecule has 14 heavy (non-hydrogen) atoms. The van der Waals surface area contributed by atoms with Crippen LogP contribution in [0.25, 0.3) is 0 Å². The minimum absolute atomic E-state index is 0.602. The maximum Gasteiger partial charge on any atom is 0.00240 e. The molecule has 1 aromatic rings. The molecule has 1 aliphatic rings. The van der Waals surface area contributed by atoms with E-state index in [0.717, 1.165) is 0 Å². The summed E-state index contributed by atoms with van der Waals surface area (Å²) in [6, 6.07) is 8.88. The average molecular weight is 184 g/mol. The molecule has 0 spiro atoms. The molecule has 0 heteroatoms. The summed E-state index contributed by atoms with van der Waals surface area (Å²) in [5.41, 5.74) is 2.78. The Balaban J connectivity index is 2.18. The molecule has 0 N–H and O–H groups in total. The lowest BCUT2D eigenvalue weighted by atomic mass is 9.94. The van der Waals surface area contributed by atoms with Crippen LogP contribution in [-0.4, -0.2) is 0 Å². The number of hydrogen-bond acceptors (Lipinski definition) is 0. The third kappa shape index (κ3) is 2.14. The zero-order valence-corrected chi connectivity index (χ0v) is 8.61. The molecule has 0 fully saturated rings. The lowest BCUT2D eigenvalue weighted by Crippen LogP contribution is -1.93. The Hall–Kier alpha value is -1.30. The van der Waals surface area contributed by atoms with E-state index in [-0.39, 0.29) is 0 Å². The van der Waals surface area contributed by atoms with E-state index in [1.54, 1.807) is 0 Å². The molecular formula is C14H16. The Labute approximate surface area is 86.0 Å². The fourth-order valence-electron chi connectivity index (χ4n) is 1.84. The zero-order valence-electron chi connectivity index (χ0n) is 8.61. The van der Waals surface area contributed by atoms with Crippen LogP contribution in [0.2, 0.25) is 0 Å². The number of allylic oxidation sites excluding steroid dienone is 4. The van der Waals surface area contributed by atoms with Crippen molar-refractivity contribution in [3.8, 4) is 0 Å². The molecule has 0 radical (unpaired) electrons. The van der Waals surface area contributed by atoms with E-state index in [2.05, 4.69) is 55.5 Å². The van der Waals surface area contributed by atoms with Crippen LogP contribution in [0.4, 0.5) is 0 Å². The lowest BCUT2D eigenvalue weighted by molar-refractivity contribution is 0.756. The van der Waals surface area contributed by atoms with Gasteiger partial charge in [-0.1, -0.05) is 54.1 Å². The van der Waals surface area contributed by atoms with Gasteiger partial charge in [-0.05, 0) is 25.3 Å². The first-order chi connectivity index (χ1) is 6.86. The third-order valence-electron chi connectivity index (χ3n) is 2.74. The highest BCUT2D eigenvalue weighted by molar-refractivity contribution is 5.29. The molecule has 1 unspecified atom stereocenters. The number of hydrogen-bond donors (Lipinski definition) is 0. The Kier molecular flexibility index (Phi) is 2.83. The van der Waals surface area contributed by atoms with Gasteiger partial charge < -0.3 is 0 Å². The van der Waals surface area contributed by atoms with Gasteiger partial charge in [0.05, 0.1) is 0 Å². The van der Waals surface area contributed by atoms with Gasteiger partial charge in [0.15, 0.2) is 0 Å². The van der Waals surface area contributed by atoms with Gasteiger partial charge in [0.25, 0.3) is 0 Å². The summed E-state index contributed by atoms with van der Waals surface area (Å²) in [7, 11) is 0. The Morgan fingerprint density at radius 3 is 2.64 bits per heavy atom. The second kappa shape index (κ2) is 4.28. The minimum Gasteiger partial charge on any atom is -0.0845 e. The van der Waals surface area contributed by atoms with Crippen LogP contribution >= 0.6 is 0 Å². The topological polar surface area (TPSA) is 0 Å². The van der Waals surface area contributed by atoms with Gasteiger partial charge in [-0.2, -0.15) is 0 Å². The molecule has 72 valence electrons. The number of rotatable bonds is 1. The van der Waals surface area contributed by atoms with Crippen molar-refractivity contribution in [2.45, 2.75) is 25.7 Å². The van der Waals surface area contributed by atoms with Crippen LogP contribution in [0.5, 0.6) is 0 Å². The van der Waals surface area contributed by atoms with Gasteiger partial charge in [-0.25, -0.2) is 0 Å². The first-order valence-electron chi connectivity index (χ1n) is 5.26. The quantitative estimate of drug-likeness (QED) is 0.619. The van der Waals surface area contributed by atoms with Gasteiger partial charge in [-0.3, -0.25) is 0 Å². The van der Waals surface area contributed by atoms with Crippen molar-refractivity contribution in [3.05, 3.63) is 59.7 Å². The SMILES string of the molecule is Cc1ccc(C2C=CC=CCC2)cc1. The summed E-state index contributed by atoms with van der Waals surface area (Å²) in [4.78, 5) is 0. The normalized spacial score (nSPS) is 20.8. The van der Waals surface area contributed by atoms with Crippen molar-refractivity contribution >= 4 is 0 Å². The van der Waals surface area contributed by atoms with Crippen molar-refractivity contribution < 1.29 is 0 Å². The summed E-state index contributed by atoms with van der Waals surface area (Å²) in [6.07, 6.45) is 11.3. The van der Waals surface area contributed by atoms with E-state index < -0.39 is 0 Å². The highest BCUT2D eigenvalue weighted by Gasteiger charge is 2.07. The molecule has 1 atom stereocenters. The Morgan fingerprint density at radius 2 is 1.86 bits per heavy atom. The third-order valence-corrected chi connectivity index (χ3v) is 2.74. The number of benzene rings is 1. The van der Waals surface area contributed by atoms with E-state index in [1.807, 2.05) is 0 Å². The molecule has 1 aromatic carbocycles. The molecule has 0 bridgehead atoms.